The molecule has 2 aromatic rings. The second kappa shape index (κ2) is 6.35. The van der Waals surface area contributed by atoms with Crippen LogP contribution >= 0.6 is 15.9 Å². The average Bonchev–Trinajstić information content (AvgIpc) is 2.81. The fraction of sp³-hybridized carbons (Fsp3) is 0.400. The summed E-state index contributed by atoms with van der Waals surface area (Å²) in [6, 6.07) is 8.63. The first-order valence-electron chi connectivity index (χ1n) is 6.61. The largest absolute Gasteiger partial charge is 0.305 e. The third-order valence-electron chi connectivity index (χ3n) is 3.29. The van der Waals surface area contributed by atoms with Crippen molar-refractivity contribution < 1.29 is 0 Å². The molecule has 0 aliphatic rings. The van der Waals surface area contributed by atoms with E-state index >= 15 is 0 Å². The lowest BCUT2D eigenvalue weighted by Gasteiger charge is -2.21. The molecular weight excluding hydrogens is 302 g/mol. The summed E-state index contributed by atoms with van der Waals surface area (Å²) >= 11 is 3.71. The van der Waals surface area contributed by atoms with E-state index in [0.717, 1.165) is 13.0 Å². The third-order valence-corrected chi connectivity index (χ3v) is 4.37. The van der Waals surface area contributed by atoms with E-state index in [9.17, 15) is 0 Å². The highest BCUT2D eigenvalue weighted by Gasteiger charge is 2.19. The molecule has 0 radical (unpaired) electrons. The first kappa shape index (κ1) is 14.3. The van der Waals surface area contributed by atoms with Gasteiger partial charge in [-0.15, -0.1) is 0 Å². The topological polar surface area (TPSA) is 29.9 Å². The van der Waals surface area contributed by atoms with E-state index in [0.29, 0.717) is 0 Å². The predicted octanol–water partition coefficient (Wildman–Crippen LogP) is 3.58. The van der Waals surface area contributed by atoms with E-state index in [1.165, 1.54) is 21.3 Å². The highest BCUT2D eigenvalue weighted by Crippen LogP contribution is 2.30. The zero-order valence-corrected chi connectivity index (χ0v) is 13.2. The van der Waals surface area contributed by atoms with Crippen LogP contribution in [0.5, 0.6) is 0 Å². The summed E-state index contributed by atoms with van der Waals surface area (Å²) in [6.07, 6.45) is 2.96. The number of nitrogens with zero attached hydrogens (tertiary/aromatic N) is 2. The number of hydrogen-bond acceptors (Lipinski definition) is 2. The van der Waals surface area contributed by atoms with Gasteiger partial charge >= 0.3 is 0 Å². The van der Waals surface area contributed by atoms with Crippen molar-refractivity contribution in [3.05, 3.63) is 51.8 Å². The highest BCUT2D eigenvalue weighted by atomic mass is 79.9. The zero-order chi connectivity index (χ0) is 13.8. The number of rotatable bonds is 5. The second-order valence-electron chi connectivity index (χ2n) is 4.74. The lowest BCUT2D eigenvalue weighted by molar-refractivity contribution is 0.552. The van der Waals surface area contributed by atoms with Gasteiger partial charge in [-0.2, -0.15) is 5.10 Å². The third kappa shape index (κ3) is 3.07. The Hall–Kier alpha value is -1.13. The van der Waals surface area contributed by atoms with Gasteiger partial charge < -0.3 is 5.32 Å². The minimum Gasteiger partial charge on any atom is -0.305 e. The summed E-state index contributed by atoms with van der Waals surface area (Å²) < 4.78 is 3.10. The monoisotopic (exact) mass is 321 g/mol. The van der Waals surface area contributed by atoms with Gasteiger partial charge in [-0.3, -0.25) is 4.68 Å². The molecule has 3 nitrogen and oxygen atoms in total. The van der Waals surface area contributed by atoms with Crippen molar-refractivity contribution in [2.75, 3.05) is 6.54 Å². The Morgan fingerprint density at radius 3 is 2.79 bits per heavy atom. The van der Waals surface area contributed by atoms with Crippen molar-refractivity contribution in [2.24, 2.45) is 7.05 Å². The Morgan fingerprint density at radius 2 is 2.16 bits per heavy atom. The van der Waals surface area contributed by atoms with Gasteiger partial charge in [0.25, 0.3) is 0 Å². The van der Waals surface area contributed by atoms with E-state index in [2.05, 4.69) is 64.5 Å². The number of halogens is 1. The molecule has 0 bridgehead atoms. The molecule has 0 aliphatic carbocycles. The Morgan fingerprint density at radius 1 is 1.37 bits per heavy atom. The first-order chi connectivity index (χ1) is 9.15. The Balaban J connectivity index is 2.43. The number of hydrogen-bond donors (Lipinski definition) is 1. The summed E-state index contributed by atoms with van der Waals surface area (Å²) in [7, 11) is 1.99. The van der Waals surface area contributed by atoms with Gasteiger partial charge in [-0.25, -0.2) is 0 Å². The summed E-state index contributed by atoms with van der Waals surface area (Å²) in [6.45, 7) is 5.28. The van der Waals surface area contributed by atoms with Crippen LogP contribution in [-0.2, 0) is 7.05 Å². The maximum absolute atomic E-state index is 4.28. The van der Waals surface area contributed by atoms with Gasteiger partial charge in [-0.1, -0.05) is 41.1 Å². The van der Waals surface area contributed by atoms with Crippen molar-refractivity contribution in [1.29, 1.82) is 0 Å². The van der Waals surface area contributed by atoms with Crippen molar-refractivity contribution >= 4 is 15.9 Å². The zero-order valence-electron chi connectivity index (χ0n) is 11.7. The van der Waals surface area contributed by atoms with Crippen LogP contribution < -0.4 is 5.32 Å². The van der Waals surface area contributed by atoms with Crippen LogP contribution in [0.2, 0.25) is 0 Å². The quantitative estimate of drug-likeness (QED) is 0.912. The lowest BCUT2D eigenvalue weighted by atomic mass is 10.0. The Bertz CT molecular complexity index is 548. The SMILES string of the molecule is CCCNC(c1cccc(C)c1Br)c1ccnn1C. The van der Waals surface area contributed by atoms with Crippen molar-refractivity contribution in [3.8, 4) is 0 Å². The van der Waals surface area contributed by atoms with Gasteiger partial charge in [0.15, 0.2) is 0 Å². The maximum atomic E-state index is 4.28. The second-order valence-corrected chi connectivity index (χ2v) is 5.54. The minimum absolute atomic E-state index is 0.168. The Labute approximate surface area is 123 Å². The van der Waals surface area contributed by atoms with E-state index in [1.807, 2.05) is 17.9 Å². The molecule has 0 fully saturated rings. The van der Waals surface area contributed by atoms with Crippen molar-refractivity contribution in [2.45, 2.75) is 26.3 Å². The summed E-state index contributed by atoms with van der Waals surface area (Å²) in [5.74, 6) is 0. The smallest absolute Gasteiger partial charge is 0.0759 e. The minimum atomic E-state index is 0.168. The fourth-order valence-electron chi connectivity index (χ4n) is 2.22. The molecule has 0 aliphatic heterocycles. The molecule has 102 valence electrons. The van der Waals surface area contributed by atoms with E-state index < -0.39 is 0 Å². The molecule has 4 heteroatoms. The van der Waals surface area contributed by atoms with Gasteiger partial charge in [0.1, 0.15) is 0 Å². The number of aromatic nitrogens is 2. The highest BCUT2D eigenvalue weighted by molar-refractivity contribution is 9.10. The molecule has 0 saturated carbocycles. The predicted molar refractivity (Wildman–Crippen MR) is 82.2 cm³/mol. The summed E-state index contributed by atoms with van der Waals surface area (Å²) in [5.41, 5.74) is 3.69. The molecule has 1 atom stereocenters. The van der Waals surface area contributed by atoms with Crippen molar-refractivity contribution in [3.63, 3.8) is 0 Å². The number of aryl methyl sites for hydroxylation is 2. The van der Waals surface area contributed by atoms with E-state index in [4.69, 9.17) is 0 Å². The molecular formula is C15H20BrN3. The van der Waals surface area contributed by atoms with Crippen molar-refractivity contribution in [1.82, 2.24) is 15.1 Å². The Kier molecular flexibility index (Phi) is 4.77. The van der Waals surface area contributed by atoms with Gasteiger partial charge in [-0.05, 0) is 37.1 Å². The van der Waals surface area contributed by atoms with Crippen LogP contribution in [0, 0.1) is 6.92 Å². The molecule has 19 heavy (non-hydrogen) atoms. The maximum Gasteiger partial charge on any atom is 0.0759 e. The normalized spacial score (nSPS) is 12.6. The van der Waals surface area contributed by atoms with Crippen LogP contribution in [0.25, 0.3) is 0 Å². The van der Waals surface area contributed by atoms with E-state index in [-0.39, 0.29) is 6.04 Å². The van der Waals surface area contributed by atoms with Crippen LogP contribution in [0.15, 0.2) is 34.9 Å². The molecule has 0 spiro atoms. The number of nitrogens with one attached hydrogen (secondary N) is 1. The molecule has 1 unspecified atom stereocenters. The van der Waals surface area contributed by atoms with Gasteiger partial charge in [0, 0.05) is 17.7 Å². The molecule has 1 aromatic heterocycles. The lowest BCUT2D eigenvalue weighted by Crippen LogP contribution is -2.25. The molecule has 1 N–H and O–H groups in total. The van der Waals surface area contributed by atoms with E-state index in [1.54, 1.807) is 0 Å². The number of benzene rings is 1. The van der Waals surface area contributed by atoms with Gasteiger partial charge in [0.2, 0.25) is 0 Å². The molecule has 1 heterocycles. The average molecular weight is 322 g/mol. The fourth-order valence-corrected chi connectivity index (χ4v) is 2.72. The van der Waals surface area contributed by atoms with Crippen LogP contribution in [0.3, 0.4) is 0 Å². The van der Waals surface area contributed by atoms with Crippen LogP contribution in [0.4, 0.5) is 0 Å². The molecule has 2 rings (SSSR count). The first-order valence-corrected chi connectivity index (χ1v) is 7.40. The van der Waals surface area contributed by atoms with Crippen LogP contribution in [-0.4, -0.2) is 16.3 Å². The summed E-state index contributed by atoms with van der Waals surface area (Å²) in [5, 5.41) is 7.89. The summed E-state index contributed by atoms with van der Waals surface area (Å²) in [4.78, 5) is 0. The molecule has 1 aromatic carbocycles. The standard InChI is InChI=1S/C15H20BrN3/c1-4-9-17-15(13-8-10-18-19(13)3)12-7-5-6-11(2)14(12)16/h5-8,10,15,17H,4,9H2,1-3H3. The molecule has 0 amide bonds. The molecule has 0 saturated heterocycles. The van der Waals surface area contributed by atoms with Crippen LogP contribution in [0.1, 0.15) is 36.2 Å². The van der Waals surface area contributed by atoms with Gasteiger partial charge in [0.05, 0.1) is 11.7 Å².